The Labute approximate surface area is 123 Å². The van der Waals surface area contributed by atoms with Crippen LogP contribution in [0, 0.1) is 5.92 Å². The molecule has 1 amide bonds. The van der Waals surface area contributed by atoms with Crippen LogP contribution in [0.2, 0.25) is 0 Å². The standard InChI is InChI=1S/C14H28N2O2.ClH/c1-12(2)11-16(13-6-4-5-7-13)14(17)10-15-8-9-18-3;/h12-13,15H,4-11H2,1-3H3;1H. The summed E-state index contributed by atoms with van der Waals surface area (Å²) in [6.07, 6.45) is 4.89. The Morgan fingerprint density at radius 1 is 1.37 bits per heavy atom. The monoisotopic (exact) mass is 292 g/mol. The van der Waals surface area contributed by atoms with E-state index in [4.69, 9.17) is 4.74 Å². The minimum Gasteiger partial charge on any atom is -0.383 e. The topological polar surface area (TPSA) is 41.6 Å². The Balaban J connectivity index is 0.00000324. The van der Waals surface area contributed by atoms with Crippen LogP contribution in [-0.2, 0) is 9.53 Å². The molecule has 19 heavy (non-hydrogen) atoms. The van der Waals surface area contributed by atoms with Crippen LogP contribution in [0.25, 0.3) is 0 Å². The predicted octanol–water partition coefficient (Wildman–Crippen LogP) is 2.07. The van der Waals surface area contributed by atoms with Gasteiger partial charge in [-0.15, -0.1) is 12.4 Å². The summed E-state index contributed by atoms with van der Waals surface area (Å²) >= 11 is 0. The summed E-state index contributed by atoms with van der Waals surface area (Å²) in [6.45, 7) is 7.06. The van der Waals surface area contributed by atoms with Crippen LogP contribution in [0.15, 0.2) is 0 Å². The van der Waals surface area contributed by atoms with Gasteiger partial charge in [-0.1, -0.05) is 26.7 Å². The lowest BCUT2D eigenvalue weighted by molar-refractivity contribution is -0.133. The zero-order valence-electron chi connectivity index (χ0n) is 12.5. The molecule has 1 aliphatic rings. The van der Waals surface area contributed by atoms with Gasteiger partial charge < -0.3 is 15.0 Å². The lowest BCUT2D eigenvalue weighted by Gasteiger charge is -2.30. The van der Waals surface area contributed by atoms with Gasteiger partial charge >= 0.3 is 0 Å². The molecule has 1 N–H and O–H groups in total. The van der Waals surface area contributed by atoms with Gasteiger partial charge in [0.15, 0.2) is 0 Å². The fourth-order valence-corrected chi connectivity index (χ4v) is 2.53. The molecule has 0 atom stereocenters. The maximum Gasteiger partial charge on any atom is 0.236 e. The summed E-state index contributed by atoms with van der Waals surface area (Å²) in [5.41, 5.74) is 0. The van der Waals surface area contributed by atoms with Crippen LogP contribution in [0.1, 0.15) is 39.5 Å². The summed E-state index contributed by atoms with van der Waals surface area (Å²) in [7, 11) is 1.67. The van der Waals surface area contributed by atoms with Gasteiger partial charge in [-0.3, -0.25) is 4.79 Å². The third kappa shape index (κ3) is 7.14. The number of methoxy groups -OCH3 is 1. The molecule has 4 nitrogen and oxygen atoms in total. The molecule has 5 heteroatoms. The first kappa shape index (κ1) is 18.7. The molecule has 114 valence electrons. The molecule has 0 aromatic carbocycles. The maximum atomic E-state index is 12.3. The lowest BCUT2D eigenvalue weighted by Crippen LogP contribution is -2.45. The minimum absolute atomic E-state index is 0. The predicted molar refractivity (Wildman–Crippen MR) is 80.8 cm³/mol. The highest BCUT2D eigenvalue weighted by Gasteiger charge is 2.26. The molecule has 0 unspecified atom stereocenters. The molecule has 1 fully saturated rings. The third-order valence-electron chi connectivity index (χ3n) is 3.41. The van der Waals surface area contributed by atoms with Crippen molar-refractivity contribution in [3.05, 3.63) is 0 Å². The first-order valence-corrected chi connectivity index (χ1v) is 7.14. The van der Waals surface area contributed by atoms with Crippen molar-refractivity contribution in [2.24, 2.45) is 5.92 Å². The number of rotatable bonds is 8. The van der Waals surface area contributed by atoms with Crippen molar-refractivity contribution in [3.63, 3.8) is 0 Å². The summed E-state index contributed by atoms with van der Waals surface area (Å²) < 4.78 is 4.96. The van der Waals surface area contributed by atoms with Crippen LogP contribution in [-0.4, -0.2) is 50.2 Å². The van der Waals surface area contributed by atoms with Crippen molar-refractivity contribution in [1.29, 1.82) is 0 Å². The second kappa shape index (κ2) is 10.5. The van der Waals surface area contributed by atoms with Crippen LogP contribution < -0.4 is 5.32 Å². The Hall–Kier alpha value is -0.320. The highest BCUT2D eigenvalue weighted by Crippen LogP contribution is 2.24. The third-order valence-corrected chi connectivity index (χ3v) is 3.41. The van der Waals surface area contributed by atoms with E-state index in [1.165, 1.54) is 25.7 Å². The van der Waals surface area contributed by atoms with Crippen molar-refractivity contribution in [2.45, 2.75) is 45.6 Å². The smallest absolute Gasteiger partial charge is 0.236 e. The molecule has 0 aliphatic heterocycles. The van der Waals surface area contributed by atoms with Crippen molar-refractivity contribution < 1.29 is 9.53 Å². The minimum atomic E-state index is 0. The summed E-state index contributed by atoms with van der Waals surface area (Å²) in [5, 5.41) is 3.15. The number of amides is 1. The Bertz CT molecular complexity index is 244. The van der Waals surface area contributed by atoms with Crippen LogP contribution in [0.4, 0.5) is 0 Å². The van der Waals surface area contributed by atoms with Crippen molar-refractivity contribution in [3.8, 4) is 0 Å². The summed E-state index contributed by atoms with van der Waals surface area (Å²) in [5.74, 6) is 0.778. The molecule has 0 heterocycles. The molecule has 0 aromatic rings. The quantitative estimate of drug-likeness (QED) is 0.697. The molecule has 0 bridgehead atoms. The van der Waals surface area contributed by atoms with Gasteiger partial charge in [0.2, 0.25) is 5.91 Å². The van der Waals surface area contributed by atoms with Gasteiger partial charge in [0, 0.05) is 26.2 Å². The van der Waals surface area contributed by atoms with Gasteiger partial charge in [0.1, 0.15) is 0 Å². The van der Waals surface area contributed by atoms with E-state index >= 15 is 0 Å². The highest BCUT2D eigenvalue weighted by molar-refractivity contribution is 5.85. The fourth-order valence-electron chi connectivity index (χ4n) is 2.53. The van der Waals surface area contributed by atoms with E-state index in [9.17, 15) is 4.79 Å². The van der Waals surface area contributed by atoms with E-state index in [-0.39, 0.29) is 18.3 Å². The second-order valence-corrected chi connectivity index (χ2v) is 5.55. The second-order valence-electron chi connectivity index (χ2n) is 5.55. The summed E-state index contributed by atoms with van der Waals surface area (Å²) in [4.78, 5) is 14.3. The number of ether oxygens (including phenoxy) is 1. The van der Waals surface area contributed by atoms with E-state index in [1.807, 2.05) is 0 Å². The van der Waals surface area contributed by atoms with E-state index < -0.39 is 0 Å². The highest BCUT2D eigenvalue weighted by atomic mass is 35.5. The summed E-state index contributed by atoms with van der Waals surface area (Å²) in [6, 6.07) is 0.476. The van der Waals surface area contributed by atoms with E-state index in [1.54, 1.807) is 7.11 Å². The molecular weight excluding hydrogens is 264 g/mol. The molecule has 1 saturated carbocycles. The first-order chi connectivity index (χ1) is 8.65. The molecule has 0 saturated heterocycles. The SMILES string of the molecule is COCCNCC(=O)N(CC(C)C)C1CCCC1.Cl. The number of hydrogen-bond acceptors (Lipinski definition) is 3. The molecule has 1 rings (SSSR count). The average molecular weight is 293 g/mol. The number of nitrogens with zero attached hydrogens (tertiary/aromatic N) is 1. The van der Waals surface area contributed by atoms with Gasteiger partial charge in [0.25, 0.3) is 0 Å². The Kier molecular flexibility index (Phi) is 10.3. The van der Waals surface area contributed by atoms with Crippen LogP contribution >= 0.6 is 12.4 Å². The van der Waals surface area contributed by atoms with Crippen LogP contribution in [0.3, 0.4) is 0 Å². The molecule has 1 aliphatic carbocycles. The van der Waals surface area contributed by atoms with E-state index in [0.717, 1.165) is 13.1 Å². The number of hydrogen-bond donors (Lipinski definition) is 1. The first-order valence-electron chi connectivity index (χ1n) is 7.14. The van der Waals surface area contributed by atoms with Gasteiger partial charge in [0.05, 0.1) is 13.2 Å². The van der Waals surface area contributed by atoms with E-state index in [2.05, 4.69) is 24.1 Å². The molecule has 0 spiro atoms. The Morgan fingerprint density at radius 2 is 2.00 bits per heavy atom. The number of halogens is 1. The number of carbonyl (C=O) groups is 1. The zero-order chi connectivity index (χ0) is 13.4. The number of nitrogens with one attached hydrogen (secondary N) is 1. The largest absolute Gasteiger partial charge is 0.383 e. The van der Waals surface area contributed by atoms with Crippen molar-refractivity contribution in [2.75, 3.05) is 33.4 Å². The zero-order valence-corrected chi connectivity index (χ0v) is 13.3. The van der Waals surface area contributed by atoms with Gasteiger partial charge in [-0.2, -0.15) is 0 Å². The molecule has 0 radical (unpaired) electrons. The molecule has 0 aromatic heterocycles. The van der Waals surface area contributed by atoms with E-state index in [0.29, 0.717) is 25.1 Å². The maximum absolute atomic E-state index is 12.3. The van der Waals surface area contributed by atoms with Crippen molar-refractivity contribution >= 4 is 18.3 Å². The van der Waals surface area contributed by atoms with Crippen molar-refractivity contribution in [1.82, 2.24) is 10.2 Å². The van der Waals surface area contributed by atoms with Gasteiger partial charge in [-0.25, -0.2) is 0 Å². The average Bonchev–Trinajstić information content (AvgIpc) is 2.84. The Morgan fingerprint density at radius 3 is 2.53 bits per heavy atom. The van der Waals surface area contributed by atoms with Crippen LogP contribution in [0.5, 0.6) is 0 Å². The lowest BCUT2D eigenvalue weighted by atomic mass is 10.1. The van der Waals surface area contributed by atoms with Gasteiger partial charge in [-0.05, 0) is 18.8 Å². The molecular formula is C14H29ClN2O2. The number of carbonyl (C=O) groups excluding carboxylic acids is 1. The fraction of sp³-hybridized carbons (Fsp3) is 0.929. The normalized spacial score (nSPS) is 15.6.